The number of furan rings is 1. The van der Waals surface area contributed by atoms with Crippen LogP contribution in [0.25, 0.3) is 10.9 Å². The van der Waals surface area contributed by atoms with Gasteiger partial charge in [-0.05, 0) is 40.9 Å². The van der Waals surface area contributed by atoms with Gasteiger partial charge in [-0.2, -0.15) is 5.10 Å². The maximum atomic E-state index is 12.0. The summed E-state index contributed by atoms with van der Waals surface area (Å²) in [6, 6.07) is 11.2. The van der Waals surface area contributed by atoms with E-state index in [-0.39, 0.29) is 12.5 Å². The van der Waals surface area contributed by atoms with Crippen molar-refractivity contribution in [2.75, 3.05) is 24.6 Å². The Morgan fingerprint density at radius 3 is 3.00 bits per heavy atom. The van der Waals surface area contributed by atoms with Crippen LogP contribution in [0.5, 0.6) is 5.75 Å². The number of hydrazone groups is 1. The zero-order valence-corrected chi connectivity index (χ0v) is 16.7. The van der Waals surface area contributed by atoms with Crippen LogP contribution in [0.1, 0.15) is 18.6 Å². The second-order valence-electron chi connectivity index (χ2n) is 6.41. The molecule has 1 fully saturated rings. The first-order chi connectivity index (χ1) is 13.7. The molecule has 0 bridgehead atoms. The summed E-state index contributed by atoms with van der Waals surface area (Å²) in [4.78, 5) is 18.5. The highest BCUT2D eigenvalue weighted by atomic mass is 79.9. The average Bonchev–Trinajstić information content (AvgIpc) is 3.36. The molecule has 0 radical (unpaired) electrons. The van der Waals surface area contributed by atoms with E-state index in [9.17, 15) is 4.79 Å². The molecule has 1 N–H and O–H groups in total. The second kappa shape index (κ2) is 8.43. The summed E-state index contributed by atoms with van der Waals surface area (Å²) < 4.78 is 12.3. The van der Waals surface area contributed by atoms with Crippen LogP contribution in [0.15, 0.2) is 56.6 Å². The molecule has 1 amide bonds. The Labute approximate surface area is 170 Å². The summed E-state index contributed by atoms with van der Waals surface area (Å²) >= 11 is 3.51. The zero-order valence-electron chi connectivity index (χ0n) is 15.1. The van der Waals surface area contributed by atoms with Gasteiger partial charge in [0.1, 0.15) is 11.3 Å². The maximum Gasteiger partial charge on any atom is 0.277 e. The molecule has 28 heavy (non-hydrogen) atoms. The van der Waals surface area contributed by atoms with E-state index in [1.165, 1.54) is 19.1 Å². The van der Waals surface area contributed by atoms with E-state index >= 15 is 0 Å². The Kier molecular flexibility index (Phi) is 5.57. The van der Waals surface area contributed by atoms with Gasteiger partial charge >= 0.3 is 0 Å². The molecule has 1 aliphatic heterocycles. The highest BCUT2D eigenvalue weighted by Gasteiger charge is 2.19. The first-order valence-corrected chi connectivity index (χ1v) is 9.83. The molecule has 4 rings (SSSR count). The number of anilines is 1. The molecule has 1 aliphatic rings. The van der Waals surface area contributed by atoms with Crippen molar-refractivity contribution in [3.05, 3.63) is 52.8 Å². The third kappa shape index (κ3) is 4.17. The van der Waals surface area contributed by atoms with Crippen LogP contribution in [-0.2, 0) is 4.79 Å². The lowest BCUT2D eigenvalue weighted by Gasteiger charge is -2.13. The summed E-state index contributed by atoms with van der Waals surface area (Å²) in [6.45, 7) is 1.81. The van der Waals surface area contributed by atoms with Crippen LogP contribution in [0.2, 0.25) is 0 Å². The van der Waals surface area contributed by atoms with E-state index in [1.807, 2.05) is 30.3 Å². The Hall–Kier alpha value is -2.87. The smallest absolute Gasteiger partial charge is 0.277 e. The first-order valence-electron chi connectivity index (χ1n) is 9.03. The van der Waals surface area contributed by atoms with E-state index in [0.717, 1.165) is 34.3 Å². The van der Waals surface area contributed by atoms with Gasteiger partial charge in [0.2, 0.25) is 5.88 Å². The van der Waals surface area contributed by atoms with Crippen molar-refractivity contribution in [1.82, 2.24) is 10.4 Å². The molecular weight excluding hydrogens is 424 g/mol. The van der Waals surface area contributed by atoms with Gasteiger partial charge in [0.15, 0.2) is 12.4 Å². The Balaban J connectivity index is 1.32. The largest absolute Gasteiger partial charge is 0.481 e. The predicted molar refractivity (Wildman–Crippen MR) is 111 cm³/mol. The van der Waals surface area contributed by atoms with Crippen molar-refractivity contribution in [3.8, 4) is 5.75 Å². The standard InChI is InChI=1S/C20H19BrN4O3/c21-16-11-15(28-20(16)25-9-1-2-10-25)12-23-24-18(26)13-27-17-7-3-5-14-6-4-8-22-19(14)17/h3-8,11-12H,1-2,9-10,13H2,(H,24,26)/b23-12-. The Morgan fingerprint density at radius 1 is 1.32 bits per heavy atom. The molecule has 0 spiro atoms. The SMILES string of the molecule is O=C(COc1cccc2cccnc12)N/N=C\c1cc(Br)c(N2CCCC2)o1. The molecule has 3 heterocycles. The van der Waals surface area contributed by atoms with Crippen molar-refractivity contribution in [2.45, 2.75) is 12.8 Å². The third-order valence-electron chi connectivity index (χ3n) is 4.42. The molecular formula is C20H19BrN4O3. The van der Waals surface area contributed by atoms with Gasteiger partial charge in [0.05, 0.1) is 10.7 Å². The number of hydrogen-bond donors (Lipinski definition) is 1. The zero-order chi connectivity index (χ0) is 19.3. The lowest BCUT2D eigenvalue weighted by Crippen LogP contribution is -2.24. The van der Waals surface area contributed by atoms with Crippen molar-refractivity contribution in [3.63, 3.8) is 0 Å². The molecule has 2 aromatic heterocycles. The number of benzene rings is 1. The van der Waals surface area contributed by atoms with E-state index in [4.69, 9.17) is 9.15 Å². The summed E-state index contributed by atoms with van der Waals surface area (Å²) in [6.07, 6.45) is 5.50. The Morgan fingerprint density at radius 2 is 2.14 bits per heavy atom. The predicted octanol–water partition coefficient (Wildman–Crippen LogP) is 3.72. The number of ether oxygens (including phenoxy) is 1. The van der Waals surface area contributed by atoms with Crippen molar-refractivity contribution >= 4 is 44.8 Å². The van der Waals surface area contributed by atoms with Crippen molar-refractivity contribution < 1.29 is 13.9 Å². The van der Waals surface area contributed by atoms with Gasteiger partial charge in [-0.15, -0.1) is 0 Å². The van der Waals surface area contributed by atoms with Crippen LogP contribution in [-0.4, -0.2) is 36.8 Å². The van der Waals surface area contributed by atoms with Crippen LogP contribution in [0.3, 0.4) is 0 Å². The fourth-order valence-electron chi connectivity index (χ4n) is 3.11. The lowest BCUT2D eigenvalue weighted by atomic mass is 10.2. The number of nitrogens with zero attached hydrogens (tertiary/aromatic N) is 3. The molecule has 7 nitrogen and oxygen atoms in total. The number of para-hydroxylation sites is 1. The minimum Gasteiger partial charge on any atom is -0.481 e. The van der Waals surface area contributed by atoms with Crippen LogP contribution >= 0.6 is 15.9 Å². The number of halogens is 1. The van der Waals surface area contributed by atoms with E-state index in [2.05, 4.69) is 36.3 Å². The number of carbonyl (C=O) groups is 1. The summed E-state index contributed by atoms with van der Waals surface area (Å²) in [7, 11) is 0. The topological polar surface area (TPSA) is 80.0 Å². The van der Waals surface area contributed by atoms with Crippen molar-refractivity contribution in [2.24, 2.45) is 5.10 Å². The minimum absolute atomic E-state index is 0.159. The van der Waals surface area contributed by atoms with Gasteiger partial charge in [-0.1, -0.05) is 18.2 Å². The molecule has 3 aromatic rings. The van der Waals surface area contributed by atoms with Crippen LogP contribution < -0.4 is 15.1 Å². The fraction of sp³-hybridized carbons (Fsp3) is 0.250. The van der Waals surface area contributed by atoms with Gasteiger partial charge in [0, 0.05) is 30.7 Å². The summed E-state index contributed by atoms with van der Waals surface area (Å²) in [5.41, 5.74) is 3.16. The number of rotatable bonds is 6. The van der Waals surface area contributed by atoms with Gasteiger partial charge < -0.3 is 14.1 Å². The summed E-state index contributed by atoms with van der Waals surface area (Å²) in [5, 5.41) is 4.90. The molecule has 0 saturated carbocycles. The van der Waals surface area contributed by atoms with Crippen molar-refractivity contribution in [1.29, 1.82) is 0 Å². The van der Waals surface area contributed by atoms with Crippen LogP contribution in [0, 0.1) is 0 Å². The molecule has 0 aliphatic carbocycles. The molecule has 1 saturated heterocycles. The number of aromatic nitrogens is 1. The lowest BCUT2D eigenvalue weighted by molar-refractivity contribution is -0.123. The quantitative estimate of drug-likeness (QED) is 0.464. The highest BCUT2D eigenvalue weighted by Crippen LogP contribution is 2.31. The van der Waals surface area contributed by atoms with Gasteiger partial charge in [-0.25, -0.2) is 5.43 Å². The van der Waals surface area contributed by atoms with Gasteiger partial charge in [0.25, 0.3) is 5.91 Å². The first kappa shape index (κ1) is 18.5. The Bertz CT molecular complexity index is 1010. The number of carbonyl (C=O) groups excluding carboxylic acids is 1. The van der Waals surface area contributed by atoms with Gasteiger partial charge in [-0.3, -0.25) is 9.78 Å². The van der Waals surface area contributed by atoms with E-state index in [1.54, 1.807) is 12.3 Å². The maximum absolute atomic E-state index is 12.0. The third-order valence-corrected chi connectivity index (χ3v) is 4.98. The van der Waals surface area contributed by atoms with E-state index < -0.39 is 0 Å². The molecule has 144 valence electrons. The fourth-order valence-corrected chi connectivity index (χ4v) is 3.67. The minimum atomic E-state index is -0.366. The number of amides is 1. The monoisotopic (exact) mass is 442 g/mol. The molecule has 0 atom stereocenters. The molecule has 8 heteroatoms. The average molecular weight is 443 g/mol. The summed E-state index contributed by atoms with van der Waals surface area (Å²) in [5.74, 6) is 1.56. The van der Waals surface area contributed by atoms with E-state index in [0.29, 0.717) is 11.5 Å². The second-order valence-corrected chi connectivity index (χ2v) is 7.26. The normalized spacial score (nSPS) is 14.1. The number of fused-ring (bicyclic) bond motifs is 1. The van der Waals surface area contributed by atoms with Crippen LogP contribution in [0.4, 0.5) is 5.88 Å². The number of nitrogens with one attached hydrogen (secondary N) is 1. The number of pyridine rings is 1. The molecule has 1 aromatic carbocycles. The number of hydrogen-bond acceptors (Lipinski definition) is 6. The highest BCUT2D eigenvalue weighted by molar-refractivity contribution is 9.10. The molecule has 0 unspecified atom stereocenters.